The highest BCUT2D eigenvalue weighted by molar-refractivity contribution is 7.22. The van der Waals surface area contributed by atoms with Gasteiger partial charge in [-0.15, -0.1) is 0 Å². The number of benzene rings is 1. The van der Waals surface area contributed by atoms with Gasteiger partial charge in [-0.05, 0) is 31.4 Å². The number of para-hydroxylation sites is 1. The Balaban J connectivity index is 1.41. The minimum Gasteiger partial charge on any atom is -0.454 e. The van der Waals surface area contributed by atoms with Crippen molar-refractivity contribution in [3.05, 3.63) is 23.2 Å². The lowest BCUT2D eigenvalue weighted by Gasteiger charge is -2.55. The van der Waals surface area contributed by atoms with Crippen LogP contribution in [0.25, 0.3) is 10.2 Å². The molecule has 25 heavy (non-hydrogen) atoms. The van der Waals surface area contributed by atoms with Crippen molar-refractivity contribution in [2.75, 3.05) is 5.32 Å². The van der Waals surface area contributed by atoms with E-state index < -0.39 is 5.60 Å². The number of ether oxygens (including phenoxy) is 1. The molecule has 2 aromatic rings. The van der Waals surface area contributed by atoms with Crippen molar-refractivity contribution in [1.29, 1.82) is 0 Å². The first kappa shape index (κ1) is 15.9. The molecule has 2 heterocycles. The second-order valence-corrected chi connectivity index (χ2v) is 8.92. The standard InChI is InChI=1S/C17H18BClN4OS/c18-16-6-4-9(5-7-16)17(8-16)13(20)22-14(24-17)23-15-21-12-10(19)2-1-3-11(12)25-15/h1-3,9,13H,4-8,20H2,(H,21,22,23)/t9?,13?,16?,17-/m1/s1. The zero-order valence-corrected chi connectivity index (χ0v) is 15.2. The average Bonchev–Trinajstić information content (AvgIpc) is 3.10. The molecule has 1 aliphatic heterocycles. The molecule has 1 aromatic carbocycles. The van der Waals surface area contributed by atoms with Gasteiger partial charge in [0.15, 0.2) is 10.7 Å². The fraction of sp³-hybridized carbons (Fsp3) is 0.529. The summed E-state index contributed by atoms with van der Waals surface area (Å²) in [6.45, 7) is 0. The monoisotopic (exact) mass is 372 g/mol. The van der Waals surface area contributed by atoms with Crippen molar-refractivity contribution >= 4 is 52.2 Å². The molecule has 2 radical (unpaired) electrons. The Morgan fingerprint density at radius 3 is 2.88 bits per heavy atom. The second kappa shape index (κ2) is 5.35. The number of nitrogens with zero attached hydrogens (tertiary/aromatic N) is 2. The summed E-state index contributed by atoms with van der Waals surface area (Å²) < 4.78 is 7.32. The van der Waals surface area contributed by atoms with Gasteiger partial charge in [0.25, 0.3) is 6.02 Å². The molecule has 2 bridgehead atoms. The quantitative estimate of drug-likeness (QED) is 0.749. The van der Waals surface area contributed by atoms with Crippen molar-refractivity contribution in [3.63, 3.8) is 0 Å². The van der Waals surface area contributed by atoms with Gasteiger partial charge < -0.3 is 10.5 Å². The van der Waals surface area contributed by atoms with E-state index in [-0.39, 0.29) is 11.5 Å². The number of halogens is 1. The number of aromatic nitrogens is 1. The van der Waals surface area contributed by atoms with Crippen molar-refractivity contribution in [3.8, 4) is 0 Å². The Labute approximate surface area is 156 Å². The Morgan fingerprint density at radius 1 is 1.36 bits per heavy atom. The van der Waals surface area contributed by atoms with Crippen LogP contribution in [0, 0.1) is 5.92 Å². The third-order valence-corrected chi connectivity index (χ3v) is 7.17. The van der Waals surface area contributed by atoms with Crippen LogP contribution < -0.4 is 11.1 Å². The molecule has 128 valence electrons. The van der Waals surface area contributed by atoms with Crippen molar-refractivity contribution in [2.45, 2.75) is 49.2 Å². The minimum atomic E-state index is -0.470. The van der Waals surface area contributed by atoms with E-state index in [0.29, 0.717) is 22.1 Å². The summed E-state index contributed by atoms with van der Waals surface area (Å²) in [6.07, 6.45) is 4.60. The summed E-state index contributed by atoms with van der Waals surface area (Å²) >= 11 is 7.72. The number of nitrogens with two attached hydrogens (primary N) is 1. The van der Waals surface area contributed by atoms with Gasteiger partial charge in [0, 0.05) is 5.92 Å². The number of anilines is 1. The van der Waals surface area contributed by atoms with Crippen LogP contribution in [0.1, 0.15) is 32.1 Å². The molecule has 3 aliphatic carbocycles. The van der Waals surface area contributed by atoms with Gasteiger partial charge in [-0.2, -0.15) is 0 Å². The summed E-state index contributed by atoms with van der Waals surface area (Å²) in [7, 11) is 6.55. The van der Waals surface area contributed by atoms with E-state index in [1.54, 1.807) is 0 Å². The highest BCUT2D eigenvalue weighted by Crippen LogP contribution is 2.60. The summed E-state index contributed by atoms with van der Waals surface area (Å²) in [5.41, 5.74) is 6.70. The van der Waals surface area contributed by atoms with E-state index in [0.717, 1.165) is 42.3 Å². The van der Waals surface area contributed by atoms with Gasteiger partial charge in [0.05, 0.1) is 17.6 Å². The third-order valence-electron chi connectivity index (χ3n) is 5.93. The van der Waals surface area contributed by atoms with Crippen LogP contribution >= 0.6 is 22.9 Å². The molecule has 2 atom stereocenters. The number of thiazole rings is 1. The number of amidine groups is 1. The van der Waals surface area contributed by atoms with Crippen LogP contribution in [0.3, 0.4) is 0 Å². The van der Waals surface area contributed by atoms with Gasteiger partial charge in [0.2, 0.25) is 0 Å². The first-order chi connectivity index (χ1) is 12.0. The zero-order chi connectivity index (χ0) is 17.2. The van der Waals surface area contributed by atoms with Crippen molar-refractivity contribution < 1.29 is 4.74 Å². The Hall–Kier alpha value is -1.31. The van der Waals surface area contributed by atoms with Crippen LogP contribution in [0.5, 0.6) is 0 Å². The molecule has 3 saturated carbocycles. The number of hydrogen-bond acceptors (Lipinski definition) is 6. The lowest BCUT2D eigenvalue weighted by atomic mass is 9.46. The highest BCUT2D eigenvalue weighted by atomic mass is 35.5. The summed E-state index contributed by atoms with van der Waals surface area (Å²) in [6, 6.07) is 6.19. The van der Waals surface area contributed by atoms with E-state index in [1.165, 1.54) is 11.3 Å². The fourth-order valence-corrected chi connectivity index (χ4v) is 5.79. The number of fused-ring (bicyclic) bond motifs is 3. The maximum absolute atomic E-state index is 6.55. The number of hydrogen-bond donors (Lipinski definition) is 2. The zero-order valence-electron chi connectivity index (χ0n) is 13.7. The van der Waals surface area contributed by atoms with Crippen LogP contribution in [0.4, 0.5) is 5.13 Å². The van der Waals surface area contributed by atoms with Crippen molar-refractivity contribution in [1.82, 2.24) is 4.98 Å². The minimum absolute atomic E-state index is 0.166. The molecule has 0 amide bonds. The molecule has 1 aromatic heterocycles. The van der Waals surface area contributed by atoms with E-state index in [4.69, 9.17) is 29.9 Å². The molecule has 0 saturated heterocycles. The van der Waals surface area contributed by atoms with Crippen LogP contribution in [-0.2, 0) is 4.74 Å². The maximum Gasteiger partial charge on any atom is 0.293 e. The SMILES string of the molecule is [B]C12CCC(CC1)[C@@]1(C2)OC(Nc2nc3c(Cl)cccc3s2)=NC1N. The molecule has 1 spiro atoms. The second-order valence-electron chi connectivity index (χ2n) is 7.48. The predicted octanol–water partition coefficient (Wildman–Crippen LogP) is 3.69. The van der Waals surface area contributed by atoms with Gasteiger partial charge in [-0.25, -0.2) is 9.98 Å². The molecule has 6 rings (SSSR count). The molecule has 5 nitrogen and oxygen atoms in total. The summed E-state index contributed by atoms with van der Waals surface area (Å²) in [5.74, 6) is 0.417. The molecule has 3 fully saturated rings. The Morgan fingerprint density at radius 2 is 2.16 bits per heavy atom. The van der Waals surface area contributed by atoms with Gasteiger partial charge in [-0.1, -0.05) is 47.2 Å². The highest BCUT2D eigenvalue weighted by Gasteiger charge is 2.59. The summed E-state index contributed by atoms with van der Waals surface area (Å²) in [5, 5.41) is 4.36. The van der Waals surface area contributed by atoms with Gasteiger partial charge in [0.1, 0.15) is 11.7 Å². The largest absolute Gasteiger partial charge is 0.454 e. The summed E-state index contributed by atoms with van der Waals surface area (Å²) in [4.78, 5) is 9.09. The van der Waals surface area contributed by atoms with Crippen LogP contribution in [0.2, 0.25) is 10.3 Å². The molecule has 8 heteroatoms. The number of aliphatic imine (C=N–C) groups is 1. The lowest BCUT2D eigenvalue weighted by molar-refractivity contribution is -0.0796. The van der Waals surface area contributed by atoms with E-state index in [9.17, 15) is 0 Å². The Bertz CT molecular complexity index is 879. The normalized spacial score (nSPS) is 36.6. The number of nitrogens with one attached hydrogen (secondary N) is 1. The molecule has 3 N–H and O–H groups in total. The first-order valence-corrected chi connectivity index (χ1v) is 9.80. The van der Waals surface area contributed by atoms with Gasteiger partial charge >= 0.3 is 0 Å². The maximum atomic E-state index is 6.55. The average molecular weight is 373 g/mol. The van der Waals surface area contributed by atoms with E-state index in [2.05, 4.69) is 15.3 Å². The fourth-order valence-electron chi connectivity index (χ4n) is 4.64. The molecule has 1 unspecified atom stereocenters. The van der Waals surface area contributed by atoms with Gasteiger partial charge in [-0.3, -0.25) is 5.32 Å². The lowest BCUT2D eigenvalue weighted by Crippen LogP contribution is -2.58. The Kier molecular flexibility index (Phi) is 3.40. The van der Waals surface area contributed by atoms with E-state index in [1.807, 2.05) is 18.2 Å². The smallest absolute Gasteiger partial charge is 0.293 e. The predicted molar refractivity (Wildman–Crippen MR) is 103 cm³/mol. The van der Waals surface area contributed by atoms with Crippen LogP contribution in [-0.4, -0.2) is 30.6 Å². The van der Waals surface area contributed by atoms with Crippen molar-refractivity contribution in [2.24, 2.45) is 16.6 Å². The molecule has 4 aliphatic rings. The third kappa shape index (κ3) is 2.40. The van der Waals surface area contributed by atoms with E-state index >= 15 is 0 Å². The topological polar surface area (TPSA) is 72.5 Å². The first-order valence-electron chi connectivity index (χ1n) is 8.61. The molecular formula is C17H18BClN4OS. The molecular weight excluding hydrogens is 355 g/mol. The van der Waals surface area contributed by atoms with Crippen LogP contribution in [0.15, 0.2) is 23.2 Å². The number of rotatable bonds is 1.